The molecule has 0 aromatic carbocycles. The minimum Gasteiger partial charge on any atom is -0.427 e. The van der Waals surface area contributed by atoms with Gasteiger partial charge in [0.25, 0.3) is 0 Å². The summed E-state index contributed by atoms with van der Waals surface area (Å²) in [5.74, 6) is 6.02. The second-order valence-corrected chi connectivity index (χ2v) is 30.0. The first-order valence-corrected chi connectivity index (χ1v) is 27.4. The van der Waals surface area contributed by atoms with E-state index in [1.165, 1.54) is 18.6 Å². The number of aromatic amines is 1. The Bertz CT molecular complexity index is 2130. The highest BCUT2D eigenvalue weighted by Gasteiger charge is 2.24. The molecule has 0 aliphatic carbocycles. The van der Waals surface area contributed by atoms with E-state index >= 15 is 0 Å². The van der Waals surface area contributed by atoms with E-state index in [4.69, 9.17) is 24.4 Å². The number of H-pyrrole nitrogens is 1. The summed E-state index contributed by atoms with van der Waals surface area (Å²) >= 11 is 0. The average Bonchev–Trinajstić information content (AvgIpc) is 3.78. The minimum absolute atomic E-state index is 0.0220. The van der Waals surface area contributed by atoms with Gasteiger partial charge in [0.2, 0.25) is 0 Å². The maximum absolute atomic E-state index is 10.9. The maximum Gasteiger partial charge on any atom is 0.451 e. The van der Waals surface area contributed by atoms with Crippen molar-refractivity contribution >= 4 is 47.7 Å². The van der Waals surface area contributed by atoms with Crippen LogP contribution in [-0.4, -0.2) is 132 Å². The van der Waals surface area contributed by atoms with E-state index in [0.717, 1.165) is 30.9 Å². The van der Waals surface area contributed by atoms with Crippen molar-refractivity contribution in [1.29, 1.82) is 0 Å². The van der Waals surface area contributed by atoms with Crippen molar-refractivity contribution in [3.05, 3.63) is 17.5 Å². The van der Waals surface area contributed by atoms with Gasteiger partial charge < -0.3 is 29.2 Å². The average molecular weight is 1070 g/mol. The largest absolute Gasteiger partial charge is 0.451 e. The van der Waals surface area contributed by atoms with Crippen LogP contribution in [0.2, 0.25) is 6.32 Å². The smallest absolute Gasteiger partial charge is 0.427 e. The van der Waals surface area contributed by atoms with Crippen molar-refractivity contribution < 1.29 is 47.5 Å². The van der Waals surface area contributed by atoms with Crippen LogP contribution in [0.5, 0.6) is 0 Å². The molecule has 3 aromatic rings. The van der Waals surface area contributed by atoms with Gasteiger partial charge in [-0.2, -0.15) is 10.0 Å². The van der Waals surface area contributed by atoms with Gasteiger partial charge in [-0.15, -0.1) is 25.5 Å². The first-order chi connectivity index (χ1) is 31.6. The summed E-state index contributed by atoms with van der Waals surface area (Å²) in [6, 6.07) is 0. The number of aromatic nitrogens is 12. The summed E-state index contributed by atoms with van der Waals surface area (Å²) in [6.07, 6.45) is 3.49. The minimum atomic E-state index is -3.79. The highest BCUT2D eigenvalue weighted by molar-refractivity contribution is 7.95. The van der Waals surface area contributed by atoms with Gasteiger partial charge in [0.1, 0.15) is 18.9 Å². The zero-order valence-corrected chi connectivity index (χ0v) is 50.4. The summed E-state index contributed by atoms with van der Waals surface area (Å²) in [7, 11) is -7.73. The van der Waals surface area contributed by atoms with Crippen LogP contribution in [0.15, 0.2) is 0 Å². The third-order valence-corrected chi connectivity index (χ3v) is 9.88. The van der Waals surface area contributed by atoms with Gasteiger partial charge in [-0.25, -0.2) is 8.89 Å². The zero-order chi connectivity index (χ0) is 58.1. The fourth-order valence-corrected chi connectivity index (χ4v) is 8.16. The fraction of sp³-hybridized carbons (Fsp3) is 0.851. The first-order valence-electron chi connectivity index (χ1n) is 23.8. The summed E-state index contributed by atoms with van der Waals surface area (Å²) in [6.45, 7) is 47.4. The van der Waals surface area contributed by atoms with Crippen LogP contribution in [0, 0.1) is 37.9 Å². The lowest BCUT2D eigenvalue weighted by atomic mass is 9.72. The SMILES string of the molecule is C=S(=O)(O)CC(C)(C)C.CC(=O)CC(C)(C)C.CC(=O)Cn1nnc(CC(C)(C)C)n1.CC(=O)Cn1nnnc1CC(C)(C)C.CC(C)(C)CB(O)O.CC(C)(C)CP(=O)(O)O.CC(C)(C)Cc1nn[nH]n1. The molecule has 3 rings (SSSR count). The molecule has 0 fully saturated rings. The third-order valence-electron chi connectivity index (χ3n) is 7.20. The van der Waals surface area contributed by atoms with E-state index in [-0.39, 0.29) is 80.3 Å². The lowest BCUT2D eigenvalue weighted by molar-refractivity contribution is -0.119. The number of carbonyl (C=O) groups is 3. The number of carbonyl (C=O) groups excluding carboxylic acids is 3. The number of hydrogen-bond donors (Lipinski definition) is 6. The maximum atomic E-state index is 10.9. The van der Waals surface area contributed by atoms with Crippen molar-refractivity contribution in [3.63, 3.8) is 0 Å². The third kappa shape index (κ3) is 62.5. The fourth-order valence-electron chi connectivity index (χ4n) is 5.57. The summed E-state index contributed by atoms with van der Waals surface area (Å²) in [4.78, 5) is 50.4. The molecule has 22 nitrogen and oxygen atoms in total. The Hall–Kier alpha value is -3.67. The van der Waals surface area contributed by atoms with Gasteiger partial charge in [-0.3, -0.25) is 14.2 Å². The molecule has 0 amide bonds. The van der Waals surface area contributed by atoms with Crippen LogP contribution in [0.4, 0.5) is 0 Å². The van der Waals surface area contributed by atoms with Crippen molar-refractivity contribution in [2.45, 2.75) is 211 Å². The van der Waals surface area contributed by atoms with Crippen LogP contribution in [0.25, 0.3) is 0 Å². The van der Waals surface area contributed by atoms with Crippen molar-refractivity contribution in [2.75, 3.05) is 11.9 Å². The zero-order valence-electron chi connectivity index (χ0n) is 48.7. The van der Waals surface area contributed by atoms with Crippen LogP contribution >= 0.6 is 7.60 Å². The van der Waals surface area contributed by atoms with Crippen LogP contribution in [0.3, 0.4) is 0 Å². The molecule has 0 radical (unpaired) electrons. The second-order valence-electron chi connectivity index (χ2n) is 26.5. The molecule has 1 atom stereocenters. The molecular formula is C47H98BN12O10PS. The number of ketones is 3. The molecule has 6 N–H and O–H groups in total. The van der Waals surface area contributed by atoms with E-state index in [9.17, 15) is 23.2 Å². The molecule has 0 saturated heterocycles. The molecule has 0 aliphatic heterocycles. The highest BCUT2D eigenvalue weighted by atomic mass is 32.2. The van der Waals surface area contributed by atoms with Crippen molar-refractivity contribution in [2.24, 2.45) is 37.9 Å². The van der Waals surface area contributed by atoms with Gasteiger partial charge in [0, 0.05) is 31.4 Å². The molecular weight excluding hydrogens is 966 g/mol. The highest BCUT2D eigenvalue weighted by Crippen LogP contribution is 2.41. The predicted octanol–water partition coefficient (Wildman–Crippen LogP) is 7.44. The van der Waals surface area contributed by atoms with Crippen molar-refractivity contribution in [3.8, 4) is 0 Å². The Morgan fingerprint density at radius 3 is 1.33 bits per heavy atom. The molecule has 0 aliphatic rings. The van der Waals surface area contributed by atoms with Crippen LogP contribution in [-0.2, 0) is 61.1 Å². The lowest BCUT2D eigenvalue weighted by Crippen LogP contribution is -2.19. The van der Waals surface area contributed by atoms with Gasteiger partial charge in [-0.05, 0) is 86.5 Å². The van der Waals surface area contributed by atoms with E-state index in [2.05, 4.69) is 141 Å². The van der Waals surface area contributed by atoms with E-state index < -0.39 is 24.5 Å². The topological polar surface area (TPSA) is 328 Å². The number of nitrogens with one attached hydrogen (secondary N) is 1. The standard InChI is InChI=1S/2C9H16N4O.C7H14O.C6H12N4.C6H14O2S.C5H13BO2.C5H13O3P/c1-7(14)6-13-8(10-11-12-13)5-9(2,3)4;1-7(14)6-13-11-8(10-12-13)5-9(2,3)4;1-6(8)5-7(2,3)4;1-6(2,3)4-5-7-9-10-8-5;1-6(2,3)5-9(4,7)8;1-5(2,3)4-6(7)8;1-5(2,3)4-9(6,7)8/h2*5-6H2,1-4H3;5H2,1-4H3;4H2,1-3H3,(H,7,8,9,10);4-5H2,1-3H3,(H,7,8);7-8H,4H2,1-3H3;4H2,1-3H3,(H2,6,7,8). The first kappa shape index (κ1) is 74.9. The monoisotopic (exact) mass is 1060 g/mol. The molecule has 3 heterocycles. The Morgan fingerprint density at radius 1 is 0.625 bits per heavy atom. The van der Waals surface area contributed by atoms with Gasteiger partial charge in [0.05, 0.1) is 16.0 Å². The normalized spacial score (nSPS) is 12.9. The quantitative estimate of drug-likeness (QED) is 0.0617. The number of rotatable bonds is 11. The Labute approximate surface area is 433 Å². The Balaban J connectivity index is -0.000000380. The predicted molar refractivity (Wildman–Crippen MR) is 288 cm³/mol. The summed E-state index contributed by atoms with van der Waals surface area (Å²) in [5.41, 5.74) is 0.323. The van der Waals surface area contributed by atoms with Crippen molar-refractivity contribution in [1.82, 2.24) is 61.0 Å². The molecule has 3 aromatic heterocycles. The summed E-state index contributed by atoms with van der Waals surface area (Å²) in [5, 5.41) is 53.5. The summed E-state index contributed by atoms with van der Waals surface area (Å²) < 4.78 is 31.3. The molecule has 25 heteroatoms. The number of tetrazole rings is 3. The lowest BCUT2D eigenvalue weighted by Gasteiger charge is -2.17. The van der Waals surface area contributed by atoms with Crippen LogP contribution in [0.1, 0.15) is 190 Å². The molecule has 72 heavy (non-hydrogen) atoms. The Kier molecular flexibility index (Phi) is 33.2. The van der Waals surface area contributed by atoms with Crippen LogP contribution < -0.4 is 0 Å². The number of nitrogens with zero attached hydrogens (tertiary/aromatic N) is 11. The van der Waals surface area contributed by atoms with E-state index in [0.29, 0.717) is 18.6 Å². The second kappa shape index (κ2) is 31.9. The number of Topliss-reactive ketones (excluding diaryl/α,β-unsaturated/α-hetero) is 3. The van der Waals surface area contributed by atoms with Gasteiger partial charge >= 0.3 is 14.7 Å². The Morgan fingerprint density at radius 2 is 1.08 bits per heavy atom. The van der Waals surface area contributed by atoms with E-state index in [1.54, 1.807) is 32.4 Å². The number of hydrogen-bond acceptors (Lipinski definition) is 16. The molecule has 0 bridgehead atoms. The molecule has 1 unspecified atom stereocenters. The van der Waals surface area contributed by atoms with E-state index in [1.807, 2.05) is 41.5 Å². The van der Waals surface area contributed by atoms with Gasteiger partial charge in [0.15, 0.2) is 29.0 Å². The molecule has 420 valence electrons. The van der Waals surface area contributed by atoms with Gasteiger partial charge in [-0.1, -0.05) is 151 Å². The molecule has 0 saturated carbocycles. The molecule has 0 spiro atoms.